The smallest absolute Gasteiger partial charge is 0.0925 e. The first-order valence-electron chi connectivity index (χ1n) is 5.41. The maximum absolute atomic E-state index is 4.33. The highest BCUT2D eigenvalue weighted by Crippen LogP contribution is 2.12. The summed E-state index contributed by atoms with van der Waals surface area (Å²) < 4.78 is 0. The molecule has 0 bridgehead atoms. The van der Waals surface area contributed by atoms with E-state index >= 15 is 0 Å². The molecule has 0 unspecified atom stereocenters. The summed E-state index contributed by atoms with van der Waals surface area (Å²) in [5, 5.41) is 4.59. The Morgan fingerprint density at radius 3 is 2.94 bits per heavy atom. The van der Waals surface area contributed by atoms with Crippen molar-refractivity contribution in [1.82, 2.24) is 15.3 Å². The average Bonchev–Trinajstić information content (AvgIpc) is 2.78. The zero-order valence-electron chi connectivity index (χ0n) is 9.31. The van der Waals surface area contributed by atoms with E-state index in [0.29, 0.717) is 0 Å². The van der Waals surface area contributed by atoms with Gasteiger partial charge in [0.15, 0.2) is 0 Å². The van der Waals surface area contributed by atoms with Crippen LogP contribution in [0.15, 0.2) is 30.7 Å². The molecule has 1 N–H and O–H groups in total. The fourth-order valence-corrected chi connectivity index (χ4v) is 2.26. The van der Waals surface area contributed by atoms with Gasteiger partial charge in [0, 0.05) is 36.6 Å². The molecule has 2 heterocycles. The number of nitrogens with zero attached hydrogens (tertiary/aromatic N) is 2. The lowest BCUT2D eigenvalue weighted by molar-refractivity contribution is 0.698. The van der Waals surface area contributed by atoms with Gasteiger partial charge in [0.25, 0.3) is 0 Å². The van der Waals surface area contributed by atoms with Gasteiger partial charge in [-0.15, -0.1) is 11.3 Å². The Balaban J connectivity index is 1.80. The van der Waals surface area contributed by atoms with Crippen LogP contribution >= 0.6 is 11.3 Å². The molecule has 0 spiro atoms. The Kier molecular flexibility index (Phi) is 4.02. The topological polar surface area (TPSA) is 37.8 Å². The summed E-state index contributed by atoms with van der Waals surface area (Å²) in [6, 6.07) is 4.03. The molecule has 2 aromatic heterocycles. The molecule has 4 heteroatoms. The molecule has 0 aliphatic carbocycles. The van der Waals surface area contributed by atoms with E-state index in [-0.39, 0.29) is 0 Å². The number of hydrogen-bond acceptors (Lipinski definition) is 4. The maximum atomic E-state index is 4.33. The Morgan fingerprint density at radius 2 is 2.25 bits per heavy atom. The lowest BCUT2D eigenvalue weighted by Gasteiger charge is -2.01. The fraction of sp³-hybridized carbons (Fsp3) is 0.333. The van der Waals surface area contributed by atoms with Crippen LogP contribution in [0.25, 0.3) is 0 Å². The Morgan fingerprint density at radius 1 is 1.31 bits per heavy atom. The van der Waals surface area contributed by atoms with E-state index in [2.05, 4.69) is 28.3 Å². The van der Waals surface area contributed by atoms with Gasteiger partial charge in [-0.25, -0.2) is 4.98 Å². The molecule has 0 saturated carbocycles. The number of aromatic nitrogens is 2. The van der Waals surface area contributed by atoms with Crippen LogP contribution in [0.1, 0.15) is 22.4 Å². The van der Waals surface area contributed by atoms with Crippen molar-refractivity contribution in [2.45, 2.75) is 26.4 Å². The van der Waals surface area contributed by atoms with E-state index in [1.807, 2.05) is 18.5 Å². The first-order valence-corrected chi connectivity index (χ1v) is 6.23. The van der Waals surface area contributed by atoms with Crippen LogP contribution in [0, 0.1) is 0 Å². The van der Waals surface area contributed by atoms with E-state index in [4.69, 9.17) is 0 Å². The number of hydrogen-bond donors (Lipinski definition) is 1. The van der Waals surface area contributed by atoms with Crippen LogP contribution < -0.4 is 5.32 Å². The van der Waals surface area contributed by atoms with Crippen molar-refractivity contribution >= 4 is 11.3 Å². The van der Waals surface area contributed by atoms with Crippen LogP contribution in [0.2, 0.25) is 0 Å². The second-order valence-corrected chi connectivity index (χ2v) is 4.74. The van der Waals surface area contributed by atoms with Crippen molar-refractivity contribution in [2.24, 2.45) is 0 Å². The van der Waals surface area contributed by atoms with Crippen LogP contribution in [-0.4, -0.2) is 9.97 Å². The maximum Gasteiger partial charge on any atom is 0.0925 e. The van der Waals surface area contributed by atoms with E-state index in [0.717, 1.165) is 19.5 Å². The Labute approximate surface area is 99.6 Å². The van der Waals surface area contributed by atoms with Crippen molar-refractivity contribution in [3.05, 3.63) is 46.2 Å². The molecule has 0 atom stereocenters. The second-order valence-electron chi connectivity index (χ2n) is 3.54. The van der Waals surface area contributed by atoms with Gasteiger partial charge in [-0.1, -0.05) is 13.0 Å². The van der Waals surface area contributed by atoms with Gasteiger partial charge in [-0.3, -0.25) is 4.98 Å². The third kappa shape index (κ3) is 3.12. The van der Waals surface area contributed by atoms with Crippen molar-refractivity contribution in [3.63, 3.8) is 0 Å². The van der Waals surface area contributed by atoms with Crippen molar-refractivity contribution in [3.8, 4) is 0 Å². The molecule has 84 valence electrons. The van der Waals surface area contributed by atoms with E-state index in [1.165, 1.54) is 15.4 Å². The van der Waals surface area contributed by atoms with Crippen LogP contribution in [0.4, 0.5) is 0 Å². The summed E-state index contributed by atoms with van der Waals surface area (Å²) in [4.78, 5) is 9.70. The van der Waals surface area contributed by atoms with Crippen LogP contribution in [0.3, 0.4) is 0 Å². The highest BCUT2D eigenvalue weighted by atomic mass is 32.1. The molecule has 3 nitrogen and oxygen atoms in total. The van der Waals surface area contributed by atoms with Gasteiger partial charge in [-0.05, 0) is 18.1 Å². The van der Waals surface area contributed by atoms with E-state index < -0.39 is 0 Å². The van der Waals surface area contributed by atoms with Crippen LogP contribution in [-0.2, 0) is 19.5 Å². The van der Waals surface area contributed by atoms with E-state index in [9.17, 15) is 0 Å². The third-order valence-corrected chi connectivity index (χ3v) is 3.40. The van der Waals surface area contributed by atoms with Crippen molar-refractivity contribution in [2.75, 3.05) is 0 Å². The quantitative estimate of drug-likeness (QED) is 0.861. The number of aryl methyl sites for hydroxylation is 1. The minimum atomic E-state index is 0.854. The summed E-state index contributed by atoms with van der Waals surface area (Å²) in [6.45, 7) is 3.87. The Hall–Kier alpha value is -1.26. The predicted octanol–water partition coefficient (Wildman–Crippen LogP) is 2.39. The molecule has 0 radical (unpaired) electrons. The SMILES string of the molecule is CCc1ncc(CNCc2cccnc2)s1. The van der Waals surface area contributed by atoms with E-state index in [1.54, 1.807) is 17.5 Å². The fourth-order valence-electron chi connectivity index (χ4n) is 1.43. The third-order valence-electron chi connectivity index (χ3n) is 2.26. The van der Waals surface area contributed by atoms with Crippen molar-refractivity contribution < 1.29 is 0 Å². The lowest BCUT2D eigenvalue weighted by atomic mass is 10.3. The molecule has 2 rings (SSSR count). The highest BCUT2D eigenvalue weighted by Gasteiger charge is 1.99. The molecule has 0 aromatic carbocycles. The van der Waals surface area contributed by atoms with Gasteiger partial charge in [0.1, 0.15) is 0 Å². The molecule has 0 saturated heterocycles. The molecule has 2 aromatic rings. The molecular weight excluding hydrogens is 218 g/mol. The number of rotatable bonds is 5. The molecule has 0 aliphatic rings. The summed E-state index contributed by atoms with van der Waals surface area (Å²) in [5.74, 6) is 0. The molecule has 0 amide bonds. The Bertz CT molecular complexity index is 425. The molecule has 0 fully saturated rings. The number of pyridine rings is 1. The van der Waals surface area contributed by atoms with Crippen molar-refractivity contribution in [1.29, 1.82) is 0 Å². The zero-order valence-corrected chi connectivity index (χ0v) is 10.1. The molecular formula is C12H15N3S. The van der Waals surface area contributed by atoms with Gasteiger partial charge in [0.2, 0.25) is 0 Å². The van der Waals surface area contributed by atoms with Gasteiger partial charge >= 0.3 is 0 Å². The summed E-state index contributed by atoms with van der Waals surface area (Å²) in [5.41, 5.74) is 1.21. The molecule has 16 heavy (non-hydrogen) atoms. The molecule has 0 aliphatic heterocycles. The first kappa shape index (κ1) is 11.2. The minimum Gasteiger partial charge on any atom is -0.308 e. The van der Waals surface area contributed by atoms with Gasteiger partial charge in [0.05, 0.1) is 5.01 Å². The number of nitrogens with one attached hydrogen (secondary N) is 1. The van der Waals surface area contributed by atoms with Gasteiger partial charge < -0.3 is 5.32 Å². The summed E-state index contributed by atoms with van der Waals surface area (Å²) >= 11 is 1.78. The van der Waals surface area contributed by atoms with Crippen LogP contribution in [0.5, 0.6) is 0 Å². The zero-order chi connectivity index (χ0) is 11.2. The average molecular weight is 233 g/mol. The normalized spacial score (nSPS) is 10.6. The summed E-state index contributed by atoms with van der Waals surface area (Å²) in [7, 11) is 0. The highest BCUT2D eigenvalue weighted by molar-refractivity contribution is 7.11. The first-order chi connectivity index (χ1) is 7.88. The number of thiazole rings is 1. The monoisotopic (exact) mass is 233 g/mol. The predicted molar refractivity (Wildman–Crippen MR) is 66.3 cm³/mol. The minimum absolute atomic E-state index is 0.854. The standard InChI is InChI=1S/C12H15N3S/c1-2-12-15-9-11(16-12)8-14-7-10-4-3-5-13-6-10/h3-6,9,14H,2,7-8H2,1H3. The second kappa shape index (κ2) is 5.72. The largest absolute Gasteiger partial charge is 0.308 e. The summed E-state index contributed by atoms with van der Waals surface area (Å²) in [6.07, 6.45) is 6.66. The van der Waals surface area contributed by atoms with Gasteiger partial charge in [-0.2, -0.15) is 0 Å². The lowest BCUT2D eigenvalue weighted by Crippen LogP contribution is -2.11.